The number of ether oxygens (including phenoxy) is 2. The van der Waals surface area contributed by atoms with Crippen LogP contribution < -0.4 is 4.74 Å². The van der Waals surface area contributed by atoms with E-state index in [2.05, 4.69) is 0 Å². The Bertz CT molecular complexity index is 679. The van der Waals surface area contributed by atoms with E-state index in [1.807, 2.05) is 0 Å². The van der Waals surface area contributed by atoms with E-state index in [0.717, 1.165) is 6.92 Å². The number of Topliss-reactive ketones (excluding diaryl/α,β-unsaturated/α-hetero) is 1. The van der Waals surface area contributed by atoms with Crippen molar-refractivity contribution in [3.05, 3.63) is 24.3 Å². The van der Waals surface area contributed by atoms with Gasteiger partial charge in [-0.05, 0) is 24.6 Å². The molecule has 1 fully saturated rings. The smallest absolute Gasteiger partial charge is 0.303 e. The highest BCUT2D eigenvalue weighted by molar-refractivity contribution is 7.92. The number of carbonyl (C=O) groups is 2. The average Bonchev–Trinajstić information content (AvgIpc) is 2.90. The van der Waals surface area contributed by atoms with E-state index in [0.29, 0.717) is 18.6 Å². The summed E-state index contributed by atoms with van der Waals surface area (Å²) < 4.78 is 35.7. The van der Waals surface area contributed by atoms with Crippen LogP contribution in [0.3, 0.4) is 0 Å². The first-order valence-corrected chi connectivity index (χ1v) is 8.46. The molecule has 0 amide bonds. The lowest BCUT2D eigenvalue weighted by molar-refractivity contribution is -0.144. The van der Waals surface area contributed by atoms with Gasteiger partial charge in [0, 0.05) is 25.7 Å². The largest absolute Gasteiger partial charge is 0.497 e. The zero-order valence-electron chi connectivity index (χ0n) is 12.4. The van der Waals surface area contributed by atoms with E-state index >= 15 is 0 Å². The molecule has 120 valence electrons. The van der Waals surface area contributed by atoms with Crippen molar-refractivity contribution in [1.29, 1.82) is 0 Å². The first kappa shape index (κ1) is 16.5. The van der Waals surface area contributed by atoms with Gasteiger partial charge >= 0.3 is 5.97 Å². The molecule has 0 N–H and O–H groups in total. The van der Waals surface area contributed by atoms with Gasteiger partial charge in [-0.1, -0.05) is 6.07 Å². The van der Waals surface area contributed by atoms with Crippen LogP contribution in [0.4, 0.5) is 0 Å². The van der Waals surface area contributed by atoms with Crippen LogP contribution in [0.5, 0.6) is 5.75 Å². The lowest BCUT2D eigenvalue weighted by Gasteiger charge is -2.22. The number of sulfone groups is 1. The van der Waals surface area contributed by atoms with Crippen LogP contribution in [0.25, 0.3) is 0 Å². The molecule has 0 heterocycles. The zero-order valence-corrected chi connectivity index (χ0v) is 13.3. The Kier molecular flexibility index (Phi) is 4.85. The number of esters is 1. The van der Waals surface area contributed by atoms with Crippen molar-refractivity contribution in [2.45, 2.75) is 36.5 Å². The third-order valence-corrected chi connectivity index (χ3v) is 5.63. The standard InChI is InChI=1S/C15H18O6S/c1-10(16)21-15(11-6-7-12(17)8-11)22(18,19)14-5-3-4-13(9-14)20-2/h3-5,9,11,15H,6-8H2,1-2H3. The summed E-state index contributed by atoms with van der Waals surface area (Å²) >= 11 is 0. The number of ketones is 1. The lowest BCUT2D eigenvalue weighted by Crippen LogP contribution is -2.33. The Hall–Kier alpha value is -1.89. The monoisotopic (exact) mass is 326 g/mol. The van der Waals surface area contributed by atoms with Crippen LogP contribution in [-0.2, 0) is 24.2 Å². The van der Waals surface area contributed by atoms with Crippen molar-refractivity contribution < 1.29 is 27.5 Å². The Morgan fingerprint density at radius 3 is 2.64 bits per heavy atom. The molecular weight excluding hydrogens is 308 g/mol. The SMILES string of the molecule is COc1cccc(S(=O)(=O)C(OC(C)=O)C2CCC(=O)C2)c1. The second kappa shape index (κ2) is 6.48. The molecule has 0 aliphatic heterocycles. The van der Waals surface area contributed by atoms with Gasteiger partial charge in [-0.3, -0.25) is 9.59 Å². The van der Waals surface area contributed by atoms with E-state index in [1.54, 1.807) is 12.1 Å². The molecule has 7 heteroatoms. The number of hydrogen-bond donors (Lipinski definition) is 0. The van der Waals surface area contributed by atoms with Gasteiger partial charge in [0.15, 0.2) is 0 Å². The molecule has 1 aliphatic rings. The topological polar surface area (TPSA) is 86.7 Å². The summed E-state index contributed by atoms with van der Waals surface area (Å²) in [7, 11) is -2.48. The van der Waals surface area contributed by atoms with Gasteiger partial charge in [-0.25, -0.2) is 8.42 Å². The van der Waals surface area contributed by atoms with Gasteiger partial charge in [-0.15, -0.1) is 0 Å². The van der Waals surface area contributed by atoms with Crippen LogP contribution >= 0.6 is 0 Å². The summed E-state index contributed by atoms with van der Waals surface area (Å²) in [6.45, 7) is 1.16. The number of rotatable bonds is 5. The van der Waals surface area contributed by atoms with Crippen molar-refractivity contribution >= 4 is 21.6 Å². The Labute approximate surface area is 129 Å². The molecule has 0 radical (unpaired) electrons. The molecule has 1 aromatic rings. The Morgan fingerprint density at radius 2 is 2.09 bits per heavy atom. The first-order valence-electron chi connectivity index (χ1n) is 6.91. The fourth-order valence-corrected chi connectivity index (χ4v) is 4.38. The van der Waals surface area contributed by atoms with Crippen LogP contribution in [0.2, 0.25) is 0 Å². The van der Waals surface area contributed by atoms with Crippen molar-refractivity contribution in [1.82, 2.24) is 0 Å². The van der Waals surface area contributed by atoms with Crippen molar-refractivity contribution in [2.75, 3.05) is 7.11 Å². The molecule has 0 aromatic heterocycles. The van der Waals surface area contributed by atoms with Crippen LogP contribution in [0.15, 0.2) is 29.2 Å². The molecule has 1 aliphatic carbocycles. The highest BCUT2D eigenvalue weighted by Crippen LogP contribution is 2.33. The van der Waals surface area contributed by atoms with E-state index in [4.69, 9.17) is 9.47 Å². The molecule has 2 unspecified atom stereocenters. The van der Waals surface area contributed by atoms with Gasteiger partial charge in [0.1, 0.15) is 11.5 Å². The van der Waals surface area contributed by atoms with E-state index in [1.165, 1.54) is 19.2 Å². The minimum Gasteiger partial charge on any atom is -0.497 e. The predicted molar refractivity (Wildman–Crippen MR) is 78.1 cm³/mol. The quantitative estimate of drug-likeness (QED) is 0.766. The van der Waals surface area contributed by atoms with Gasteiger partial charge in [-0.2, -0.15) is 0 Å². The van der Waals surface area contributed by atoms with Crippen molar-refractivity contribution in [3.63, 3.8) is 0 Å². The maximum absolute atomic E-state index is 12.8. The first-order chi connectivity index (χ1) is 10.3. The van der Waals surface area contributed by atoms with Crippen LogP contribution in [0, 0.1) is 5.92 Å². The van der Waals surface area contributed by atoms with Gasteiger partial charge in [0.2, 0.25) is 15.3 Å². The lowest BCUT2D eigenvalue weighted by atomic mass is 10.1. The summed E-state index contributed by atoms with van der Waals surface area (Å²) in [6.07, 6.45) is 0.831. The van der Waals surface area contributed by atoms with Crippen LogP contribution in [0.1, 0.15) is 26.2 Å². The number of hydrogen-bond acceptors (Lipinski definition) is 6. The molecule has 22 heavy (non-hydrogen) atoms. The molecular formula is C15H18O6S. The molecule has 0 bridgehead atoms. The highest BCUT2D eigenvalue weighted by Gasteiger charge is 2.41. The van der Waals surface area contributed by atoms with Gasteiger partial charge < -0.3 is 9.47 Å². The highest BCUT2D eigenvalue weighted by atomic mass is 32.2. The van der Waals surface area contributed by atoms with E-state index in [-0.39, 0.29) is 17.1 Å². The molecule has 1 saturated carbocycles. The molecule has 0 spiro atoms. The summed E-state index contributed by atoms with van der Waals surface area (Å²) in [5, 5.41) is 0. The summed E-state index contributed by atoms with van der Waals surface area (Å²) in [5.74, 6) is -0.809. The summed E-state index contributed by atoms with van der Waals surface area (Å²) in [5.41, 5.74) is -1.34. The molecule has 0 saturated heterocycles. The molecule has 6 nitrogen and oxygen atoms in total. The number of carbonyl (C=O) groups excluding carboxylic acids is 2. The van der Waals surface area contributed by atoms with Crippen molar-refractivity contribution in [2.24, 2.45) is 5.92 Å². The Balaban J connectivity index is 2.39. The molecule has 1 aromatic carbocycles. The normalized spacial score (nSPS) is 19.7. The number of methoxy groups -OCH3 is 1. The third kappa shape index (κ3) is 3.47. The second-order valence-electron chi connectivity index (χ2n) is 5.24. The average molecular weight is 326 g/mol. The molecule has 2 atom stereocenters. The summed E-state index contributed by atoms with van der Waals surface area (Å²) in [4.78, 5) is 22.8. The zero-order chi connectivity index (χ0) is 16.3. The van der Waals surface area contributed by atoms with Crippen molar-refractivity contribution in [3.8, 4) is 5.75 Å². The minimum atomic E-state index is -3.91. The fraction of sp³-hybridized carbons (Fsp3) is 0.467. The van der Waals surface area contributed by atoms with E-state index < -0.39 is 27.2 Å². The molecule has 2 rings (SSSR count). The summed E-state index contributed by atoms with van der Waals surface area (Å²) in [6, 6.07) is 5.98. The minimum absolute atomic E-state index is 0.0111. The van der Waals surface area contributed by atoms with Gasteiger partial charge in [0.25, 0.3) is 0 Å². The van der Waals surface area contributed by atoms with Gasteiger partial charge in [0.05, 0.1) is 12.0 Å². The predicted octanol–water partition coefficient (Wildman–Crippen LogP) is 1.73. The maximum Gasteiger partial charge on any atom is 0.303 e. The maximum atomic E-state index is 12.8. The second-order valence-corrected chi connectivity index (χ2v) is 7.27. The van der Waals surface area contributed by atoms with E-state index in [9.17, 15) is 18.0 Å². The Morgan fingerprint density at radius 1 is 1.36 bits per heavy atom. The van der Waals surface area contributed by atoms with Crippen LogP contribution in [-0.4, -0.2) is 32.7 Å². The fourth-order valence-electron chi connectivity index (χ4n) is 2.56. The number of benzene rings is 1. The third-order valence-electron chi connectivity index (χ3n) is 3.63.